The van der Waals surface area contributed by atoms with Gasteiger partial charge in [0, 0.05) is 15.5 Å². The zero-order chi connectivity index (χ0) is 12.1. The fourth-order valence-electron chi connectivity index (χ4n) is 2.08. The summed E-state index contributed by atoms with van der Waals surface area (Å²) in [5, 5.41) is 4.34. The van der Waals surface area contributed by atoms with Gasteiger partial charge in [-0.25, -0.2) is 0 Å². The molecule has 3 heteroatoms. The number of nitrogens with one attached hydrogen (secondary N) is 1. The highest BCUT2D eigenvalue weighted by atomic mass is 79.9. The van der Waals surface area contributed by atoms with Crippen LogP contribution in [0, 0.1) is 0 Å². The number of hydrogen-bond donors (Lipinski definition) is 1. The second-order valence-electron chi connectivity index (χ2n) is 4.43. The number of hydrogen-bond acceptors (Lipinski definition) is 1. The molecule has 1 aromatic carbocycles. The van der Waals surface area contributed by atoms with Crippen LogP contribution in [0.3, 0.4) is 0 Å². The van der Waals surface area contributed by atoms with Crippen molar-refractivity contribution in [2.45, 2.75) is 31.7 Å². The number of halogens is 2. The first-order valence-electron chi connectivity index (χ1n) is 6.12. The van der Waals surface area contributed by atoms with Crippen LogP contribution in [0.15, 0.2) is 28.7 Å². The summed E-state index contributed by atoms with van der Waals surface area (Å²) in [6.07, 6.45) is 9.54. The quantitative estimate of drug-likeness (QED) is 0.838. The SMILES string of the molecule is Clc1cc(Br)ccc1/C=C/C1CCCCCN1. The molecule has 1 atom stereocenters. The largest absolute Gasteiger partial charge is 0.311 e. The smallest absolute Gasteiger partial charge is 0.0489 e. The maximum Gasteiger partial charge on any atom is 0.0489 e. The third kappa shape index (κ3) is 4.13. The highest BCUT2D eigenvalue weighted by molar-refractivity contribution is 9.10. The minimum atomic E-state index is 0.497. The van der Waals surface area contributed by atoms with Gasteiger partial charge < -0.3 is 5.32 Å². The van der Waals surface area contributed by atoms with Crippen LogP contribution >= 0.6 is 27.5 Å². The molecule has 1 aliphatic rings. The Morgan fingerprint density at radius 1 is 1.29 bits per heavy atom. The van der Waals surface area contributed by atoms with E-state index in [1.54, 1.807) is 0 Å². The van der Waals surface area contributed by atoms with Crippen molar-refractivity contribution in [3.63, 3.8) is 0 Å². The lowest BCUT2D eigenvalue weighted by molar-refractivity contribution is 0.599. The lowest BCUT2D eigenvalue weighted by Crippen LogP contribution is -2.25. The minimum Gasteiger partial charge on any atom is -0.311 e. The summed E-state index contributed by atoms with van der Waals surface area (Å²) in [6.45, 7) is 1.13. The van der Waals surface area contributed by atoms with Crippen LogP contribution in [0.1, 0.15) is 31.2 Å². The van der Waals surface area contributed by atoms with E-state index in [1.165, 1.54) is 25.7 Å². The van der Waals surface area contributed by atoms with Crippen molar-refractivity contribution in [1.29, 1.82) is 0 Å². The van der Waals surface area contributed by atoms with Gasteiger partial charge in [-0.2, -0.15) is 0 Å². The zero-order valence-electron chi connectivity index (χ0n) is 9.76. The molecular formula is C14H17BrClN. The fourth-order valence-corrected chi connectivity index (χ4v) is 2.81. The van der Waals surface area contributed by atoms with E-state index in [9.17, 15) is 0 Å². The van der Waals surface area contributed by atoms with Crippen molar-refractivity contribution in [1.82, 2.24) is 5.32 Å². The fraction of sp³-hybridized carbons (Fsp3) is 0.429. The molecule has 17 heavy (non-hydrogen) atoms. The van der Waals surface area contributed by atoms with Crippen LogP contribution < -0.4 is 5.32 Å². The molecule has 1 heterocycles. The molecule has 92 valence electrons. The van der Waals surface area contributed by atoms with Crippen LogP contribution in [0.25, 0.3) is 6.08 Å². The molecule has 0 bridgehead atoms. The Morgan fingerprint density at radius 2 is 2.18 bits per heavy atom. The molecule has 0 spiro atoms. The Morgan fingerprint density at radius 3 is 3.00 bits per heavy atom. The Labute approximate surface area is 116 Å². The van der Waals surface area contributed by atoms with Gasteiger partial charge >= 0.3 is 0 Å². The molecule has 2 rings (SSSR count). The van der Waals surface area contributed by atoms with E-state index in [1.807, 2.05) is 18.2 Å². The van der Waals surface area contributed by atoms with Gasteiger partial charge in [0.05, 0.1) is 0 Å². The second kappa shape index (κ2) is 6.58. The summed E-state index contributed by atoms with van der Waals surface area (Å²) in [6, 6.07) is 6.49. The lowest BCUT2D eigenvalue weighted by atomic mass is 10.1. The van der Waals surface area contributed by atoms with Gasteiger partial charge in [0.1, 0.15) is 0 Å². The van der Waals surface area contributed by atoms with Crippen molar-refractivity contribution in [2.75, 3.05) is 6.54 Å². The average molecular weight is 315 g/mol. The maximum atomic E-state index is 6.18. The molecule has 0 aliphatic carbocycles. The molecule has 1 aliphatic heterocycles. The van der Waals surface area contributed by atoms with Gasteiger partial charge in [-0.1, -0.05) is 58.6 Å². The van der Waals surface area contributed by atoms with E-state index in [0.717, 1.165) is 21.6 Å². The van der Waals surface area contributed by atoms with Crippen LogP contribution in [0.2, 0.25) is 5.02 Å². The van der Waals surface area contributed by atoms with Gasteiger partial charge in [0.15, 0.2) is 0 Å². The summed E-state index contributed by atoms with van der Waals surface area (Å²) in [7, 11) is 0. The summed E-state index contributed by atoms with van der Waals surface area (Å²) in [5.41, 5.74) is 1.08. The molecular weight excluding hydrogens is 298 g/mol. The van der Waals surface area contributed by atoms with Gasteiger partial charge in [0.25, 0.3) is 0 Å². The van der Waals surface area contributed by atoms with E-state index in [-0.39, 0.29) is 0 Å². The van der Waals surface area contributed by atoms with E-state index < -0.39 is 0 Å². The Kier molecular flexibility index (Phi) is 5.08. The van der Waals surface area contributed by atoms with Crippen LogP contribution in [-0.4, -0.2) is 12.6 Å². The van der Waals surface area contributed by atoms with Crippen molar-refractivity contribution < 1.29 is 0 Å². The van der Waals surface area contributed by atoms with Gasteiger partial charge in [0.2, 0.25) is 0 Å². The molecule has 0 aromatic heterocycles. The first kappa shape index (κ1) is 13.1. The third-order valence-electron chi connectivity index (χ3n) is 3.07. The molecule has 0 saturated carbocycles. The van der Waals surface area contributed by atoms with Crippen LogP contribution in [-0.2, 0) is 0 Å². The molecule has 1 aromatic rings. The average Bonchev–Trinajstić information content (AvgIpc) is 2.56. The molecule has 0 radical (unpaired) electrons. The van der Waals surface area contributed by atoms with Gasteiger partial charge in [-0.05, 0) is 37.1 Å². The highest BCUT2D eigenvalue weighted by Gasteiger charge is 2.07. The van der Waals surface area contributed by atoms with Crippen molar-refractivity contribution in [2.24, 2.45) is 0 Å². The molecule has 1 unspecified atom stereocenters. The molecule has 1 nitrogen and oxygen atoms in total. The molecule has 1 saturated heterocycles. The predicted molar refractivity (Wildman–Crippen MR) is 78.4 cm³/mol. The van der Waals surface area contributed by atoms with Crippen molar-refractivity contribution in [3.8, 4) is 0 Å². The monoisotopic (exact) mass is 313 g/mol. The Hall–Kier alpha value is -0.310. The van der Waals surface area contributed by atoms with Crippen LogP contribution in [0.5, 0.6) is 0 Å². The zero-order valence-corrected chi connectivity index (χ0v) is 12.1. The standard InChI is InChI=1S/C14H17BrClN/c15-12-7-5-11(14(16)10-12)6-8-13-4-2-1-3-9-17-13/h5-8,10,13,17H,1-4,9H2/b8-6+. The highest BCUT2D eigenvalue weighted by Crippen LogP contribution is 2.23. The summed E-state index contributed by atoms with van der Waals surface area (Å²) >= 11 is 9.59. The number of benzene rings is 1. The minimum absolute atomic E-state index is 0.497. The molecule has 1 N–H and O–H groups in total. The van der Waals surface area contributed by atoms with E-state index in [2.05, 4.69) is 33.4 Å². The first-order valence-corrected chi connectivity index (χ1v) is 7.29. The maximum absolute atomic E-state index is 6.18. The normalized spacial score (nSPS) is 21.6. The molecule has 1 fully saturated rings. The van der Waals surface area contributed by atoms with Gasteiger partial charge in [-0.15, -0.1) is 0 Å². The second-order valence-corrected chi connectivity index (χ2v) is 5.76. The third-order valence-corrected chi connectivity index (χ3v) is 3.89. The van der Waals surface area contributed by atoms with Gasteiger partial charge in [-0.3, -0.25) is 0 Å². The Bertz CT molecular complexity index is 395. The topological polar surface area (TPSA) is 12.0 Å². The first-order chi connectivity index (χ1) is 8.25. The van der Waals surface area contributed by atoms with E-state index in [0.29, 0.717) is 6.04 Å². The summed E-state index contributed by atoms with van der Waals surface area (Å²) in [5.74, 6) is 0. The van der Waals surface area contributed by atoms with Crippen molar-refractivity contribution in [3.05, 3.63) is 39.3 Å². The number of rotatable bonds is 2. The Balaban J connectivity index is 2.03. The lowest BCUT2D eigenvalue weighted by Gasteiger charge is -2.10. The van der Waals surface area contributed by atoms with E-state index >= 15 is 0 Å². The summed E-state index contributed by atoms with van der Waals surface area (Å²) < 4.78 is 1.02. The van der Waals surface area contributed by atoms with Crippen LogP contribution in [0.4, 0.5) is 0 Å². The summed E-state index contributed by atoms with van der Waals surface area (Å²) in [4.78, 5) is 0. The molecule has 0 amide bonds. The predicted octanol–water partition coefficient (Wildman–Crippen LogP) is 4.65. The van der Waals surface area contributed by atoms with E-state index in [4.69, 9.17) is 11.6 Å². The van der Waals surface area contributed by atoms with Crippen molar-refractivity contribution >= 4 is 33.6 Å².